The topological polar surface area (TPSA) is 24.5 Å². The predicted molar refractivity (Wildman–Crippen MR) is 66.7 cm³/mol. The van der Waals surface area contributed by atoms with Crippen molar-refractivity contribution >= 4 is 0 Å². The summed E-state index contributed by atoms with van der Waals surface area (Å²) in [5.41, 5.74) is 0. The molecule has 3 atom stereocenters. The normalized spacial score (nSPS) is 37.5. The van der Waals surface area contributed by atoms with Crippen LogP contribution in [-0.2, 0) is 4.74 Å². The van der Waals surface area contributed by atoms with Crippen molar-refractivity contribution < 1.29 is 4.74 Å². The number of rotatable bonds is 3. The van der Waals surface area contributed by atoms with Gasteiger partial charge in [-0.3, -0.25) is 4.90 Å². The molecule has 0 aliphatic carbocycles. The molecule has 0 bridgehead atoms. The van der Waals surface area contributed by atoms with Crippen molar-refractivity contribution in [3.63, 3.8) is 0 Å². The fourth-order valence-electron chi connectivity index (χ4n) is 3.18. The second-order valence-electron chi connectivity index (χ2n) is 5.25. The van der Waals surface area contributed by atoms with E-state index >= 15 is 0 Å². The zero-order valence-electron chi connectivity index (χ0n) is 10.7. The van der Waals surface area contributed by atoms with E-state index < -0.39 is 0 Å². The van der Waals surface area contributed by atoms with Gasteiger partial charge in [-0.05, 0) is 51.7 Å². The van der Waals surface area contributed by atoms with Crippen molar-refractivity contribution in [2.24, 2.45) is 5.92 Å². The maximum absolute atomic E-state index is 5.78. The lowest BCUT2D eigenvalue weighted by atomic mass is 9.91. The van der Waals surface area contributed by atoms with Gasteiger partial charge < -0.3 is 10.1 Å². The number of hydrogen-bond donors (Lipinski definition) is 1. The first-order valence-corrected chi connectivity index (χ1v) is 6.87. The first-order valence-electron chi connectivity index (χ1n) is 6.87. The fraction of sp³-hybridized carbons (Fsp3) is 1.00. The number of likely N-dealkylation sites (tertiary alicyclic amines) is 1. The van der Waals surface area contributed by atoms with Crippen molar-refractivity contribution in [1.82, 2.24) is 10.2 Å². The van der Waals surface area contributed by atoms with Gasteiger partial charge in [0.1, 0.15) is 0 Å². The van der Waals surface area contributed by atoms with Gasteiger partial charge in [0.25, 0.3) is 0 Å². The van der Waals surface area contributed by atoms with Crippen molar-refractivity contribution in [3.8, 4) is 0 Å². The minimum atomic E-state index is 0.487. The van der Waals surface area contributed by atoms with Crippen LogP contribution in [0.25, 0.3) is 0 Å². The molecule has 0 aromatic rings. The van der Waals surface area contributed by atoms with Crippen LogP contribution in [0.4, 0.5) is 0 Å². The summed E-state index contributed by atoms with van der Waals surface area (Å²) in [7, 11) is 0. The summed E-state index contributed by atoms with van der Waals surface area (Å²) < 4.78 is 5.78. The average molecular weight is 226 g/mol. The van der Waals surface area contributed by atoms with E-state index in [2.05, 4.69) is 24.1 Å². The van der Waals surface area contributed by atoms with Gasteiger partial charge in [-0.15, -0.1) is 0 Å². The molecule has 1 N–H and O–H groups in total. The summed E-state index contributed by atoms with van der Waals surface area (Å²) >= 11 is 0. The Labute approximate surface area is 99.5 Å². The number of nitrogens with zero attached hydrogens (tertiary/aromatic N) is 1. The molecule has 0 aromatic carbocycles. The molecule has 2 saturated heterocycles. The molecule has 94 valence electrons. The van der Waals surface area contributed by atoms with Crippen molar-refractivity contribution in [1.29, 1.82) is 0 Å². The largest absolute Gasteiger partial charge is 0.377 e. The van der Waals surface area contributed by atoms with Gasteiger partial charge in [0.15, 0.2) is 0 Å². The Balaban J connectivity index is 1.87. The van der Waals surface area contributed by atoms with Gasteiger partial charge in [-0.25, -0.2) is 0 Å². The zero-order valence-corrected chi connectivity index (χ0v) is 10.7. The summed E-state index contributed by atoms with van der Waals surface area (Å²) in [5, 5.41) is 3.48. The Bertz CT molecular complexity index is 208. The van der Waals surface area contributed by atoms with Gasteiger partial charge in [-0.1, -0.05) is 6.92 Å². The highest BCUT2D eigenvalue weighted by Gasteiger charge is 2.30. The molecule has 2 aliphatic heterocycles. The molecule has 2 aliphatic rings. The summed E-state index contributed by atoms with van der Waals surface area (Å²) in [6.07, 6.45) is 4.35. The Morgan fingerprint density at radius 2 is 2.25 bits per heavy atom. The second-order valence-corrected chi connectivity index (χ2v) is 5.25. The Hall–Kier alpha value is -0.120. The molecule has 0 spiro atoms. The zero-order chi connectivity index (χ0) is 11.4. The number of piperidine rings is 2. The maximum Gasteiger partial charge on any atom is 0.0702 e. The van der Waals surface area contributed by atoms with E-state index in [9.17, 15) is 0 Å². The third kappa shape index (κ3) is 2.96. The summed E-state index contributed by atoms with van der Waals surface area (Å²) in [5.74, 6) is 0.786. The monoisotopic (exact) mass is 226 g/mol. The molecule has 0 amide bonds. The van der Waals surface area contributed by atoms with Crippen molar-refractivity contribution in [2.45, 2.75) is 45.3 Å². The van der Waals surface area contributed by atoms with Gasteiger partial charge >= 0.3 is 0 Å². The van der Waals surface area contributed by atoms with E-state index in [1.807, 2.05) is 0 Å². The van der Waals surface area contributed by atoms with E-state index in [0.717, 1.165) is 25.1 Å². The lowest BCUT2D eigenvalue weighted by Crippen LogP contribution is -2.53. The number of ether oxygens (including phenoxy) is 1. The predicted octanol–water partition coefficient (Wildman–Crippen LogP) is 1.49. The summed E-state index contributed by atoms with van der Waals surface area (Å²) in [6, 6.07) is 0.782. The lowest BCUT2D eigenvalue weighted by molar-refractivity contribution is -0.0194. The minimum absolute atomic E-state index is 0.487. The molecule has 0 aromatic heterocycles. The van der Waals surface area contributed by atoms with Crippen LogP contribution in [0.3, 0.4) is 0 Å². The quantitative estimate of drug-likeness (QED) is 0.789. The highest BCUT2D eigenvalue weighted by molar-refractivity contribution is 4.86. The number of hydrogen-bond acceptors (Lipinski definition) is 3. The Morgan fingerprint density at radius 1 is 1.38 bits per heavy atom. The van der Waals surface area contributed by atoms with E-state index in [0.29, 0.717) is 6.10 Å². The van der Waals surface area contributed by atoms with Crippen LogP contribution < -0.4 is 5.32 Å². The first kappa shape index (κ1) is 12.3. The van der Waals surface area contributed by atoms with Crippen LogP contribution in [0.2, 0.25) is 0 Å². The Kier molecular flexibility index (Phi) is 4.62. The molecule has 0 radical (unpaired) electrons. The van der Waals surface area contributed by atoms with Crippen LogP contribution in [0.1, 0.15) is 33.1 Å². The smallest absolute Gasteiger partial charge is 0.0702 e. The Morgan fingerprint density at radius 3 is 3.00 bits per heavy atom. The molecule has 0 saturated carbocycles. The molecule has 2 rings (SSSR count). The third-order valence-electron chi connectivity index (χ3n) is 4.02. The lowest BCUT2D eigenvalue weighted by Gasteiger charge is -2.42. The second kappa shape index (κ2) is 5.99. The molecular formula is C13H26N2O. The molecule has 3 heteroatoms. The van der Waals surface area contributed by atoms with Gasteiger partial charge in [-0.2, -0.15) is 0 Å². The van der Waals surface area contributed by atoms with Crippen LogP contribution in [0.5, 0.6) is 0 Å². The standard InChI is InChI=1S/C13H26N2O/c1-3-16-12-5-4-8-15(10-12)13-6-7-14-9-11(13)2/h11-14H,3-10H2,1-2H3. The van der Waals surface area contributed by atoms with Crippen LogP contribution in [0.15, 0.2) is 0 Å². The third-order valence-corrected chi connectivity index (χ3v) is 4.02. The first-order chi connectivity index (χ1) is 7.81. The van der Waals surface area contributed by atoms with Crippen molar-refractivity contribution in [3.05, 3.63) is 0 Å². The van der Waals surface area contributed by atoms with Crippen LogP contribution in [0, 0.1) is 5.92 Å². The summed E-state index contributed by atoms with van der Waals surface area (Å²) in [6.45, 7) is 10.1. The number of nitrogens with one attached hydrogen (secondary N) is 1. The summed E-state index contributed by atoms with van der Waals surface area (Å²) in [4.78, 5) is 2.68. The SMILES string of the molecule is CCOC1CCCN(C2CCNCC2C)C1. The van der Waals surface area contributed by atoms with Gasteiger partial charge in [0.2, 0.25) is 0 Å². The fourth-order valence-corrected chi connectivity index (χ4v) is 3.18. The van der Waals surface area contributed by atoms with E-state index in [1.54, 1.807) is 0 Å². The van der Waals surface area contributed by atoms with E-state index in [1.165, 1.54) is 38.9 Å². The molecule has 2 fully saturated rings. The van der Waals surface area contributed by atoms with Gasteiger partial charge in [0.05, 0.1) is 6.10 Å². The maximum atomic E-state index is 5.78. The minimum Gasteiger partial charge on any atom is -0.377 e. The highest BCUT2D eigenvalue weighted by atomic mass is 16.5. The van der Waals surface area contributed by atoms with Crippen molar-refractivity contribution in [2.75, 3.05) is 32.8 Å². The van der Waals surface area contributed by atoms with Gasteiger partial charge in [0, 0.05) is 19.2 Å². The van der Waals surface area contributed by atoms with Crippen LogP contribution in [-0.4, -0.2) is 49.8 Å². The molecule has 16 heavy (non-hydrogen) atoms. The highest BCUT2D eigenvalue weighted by Crippen LogP contribution is 2.23. The van der Waals surface area contributed by atoms with E-state index in [4.69, 9.17) is 4.74 Å². The molecular weight excluding hydrogens is 200 g/mol. The van der Waals surface area contributed by atoms with Crippen LogP contribution >= 0.6 is 0 Å². The molecule has 3 nitrogen and oxygen atoms in total. The van der Waals surface area contributed by atoms with E-state index in [-0.39, 0.29) is 0 Å². The molecule has 2 heterocycles. The average Bonchev–Trinajstić information content (AvgIpc) is 2.30. The molecule has 3 unspecified atom stereocenters.